The highest BCUT2D eigenvalue weighted by molar-refractivity contribution is 5.95. The first kappa shape index (κ1) is 18.6. The summed E-state index contributed by atoms with van der Waals surface area (Å²) in [6.45, 7) is 2.89. The molecule has 0 aromatic heterocycles. The molecule has 26 heavy (non-hydrogen) atoms. The summed E-state index contributed by atoms with van der Waals surface area (Å²) < 4.78 is 14.3. The molecule has 0 radical (unpaired) electrons. The van der Waals surface area contributed by atoms with Crippen LogP contribution >= 0.6 is 0 Å². The van der Waals surface area contributed by atoms with Crippen LogP contribution in [0.1, 0.15) is 44.1 Å². The summed E-state index contributed by atoms with van der Waals surface area (Å²) in [6.07, 6.45) is 6.68. The third-order valence-electron chi connectivity index (χ3n) is 5.33. The molecule has 0 saturated carbocycles. The van der Waals surface area contributed by atoms with Gasteiger partial charge in [-0.25, -0.2) is 4.39 Å². The number of likely N-dealkylation sites (tertiary alicyclic amines) is 2. The Morgan fingerprint density at radius 2 is 1.73 bits per heavy atom. The van der Waals surface area contributed by atoms with Crippen LogP contribution in [0.2, 0.25) is 0 Å². The molecular weight excluding hydrogens is 331 g/mol. The van der Waals surface area contributed by atoms with E-state index in [1.54, 1.807) is 17.0 Å². The van der Waals surface area contributed by atoms with Crippen molar-refractivity contribution >= 4 is 17.9 Å². The van der Waals surface area contributed by atoms with Gasteiger partial charge < -0.3 is 9.80 Å². The molecular formula is C21H27FN2O2. The minimum atomic E-state index is -0.718. The first-order valence-electron chi connectivity index (χ1n) is 9.63. The summed E-state index contributed by atoms with van der Waals surface area (Å²) in [4.78, 5) is 28.1. The van der Waals surface area contributed by atoms with Crippen LogP contribution in [0.15, 0.2) is 36.2 Å². The number of halogens is 1. The number of hydrogen-bond acceptors (Lipinski definition) is 2. The predicted molar refractivity (Wildman–Crippen MR) is 99.9 cm³/mol. The minimum absolute atomic E-state index is 0.223. The molecule has 0 bridgehead atoms. The first-order chi connectivity index (χ1) is 12.6. The van der Waals surface area contributed by atoms with Gasteiger partial charge in [0.15, 0.2) is 5.83 Å². The zero-order chi connectivity index (χ0) is 18.4. The quantitative estimate of drug-likeness (QED) is 0.754. The number of carbonyl (C=O) groups excluding carboxylic acids is 2. The van der Waals surface area contributed by atoms with E-state index in [4.69, 9.17) is 0 Å². The number of piperidine rings is 1. The van der Waals surface area contributed by atoms with Gasteiger partial charge in [0.1, 0.15) is 0 Å². The maximum atomic E-state index is 14.3. The number of carbonyl (C=O) groups is 2. The van der Waals surface area contributed by atoms with Gasteiger partial charge in [0, 0.05) is 32.6 Å². The Labute approximate surface area is 154 Å². The molecule has 2 saturated heterocycles. The largest absolute Gasteiger partial charge is 0.343 e. The molecule has 2 aliphatic heterocycles. The standard InChI is InChI=1S/C21H27FN2O2/c22-19(15-17-7-2-1-3-8-17)21(26)24-14-6-9-18(16-24)10-11-20(25)23-12-4-5-13-23/h1-3,7-8,15,18H,4-6,9-14,16H2. The van der Waals surface area contributed by atoms with Crippen LogP contribution in [-0.2, 0) is 9.59 Å². The van der Waals surface area contributed by atoms with E-state index >= 15 is 0 Å². The molecule has 1 unspecified atom stereocenters. The second kappa shape index (κ2) is 8.97. The van der Waals surface area contributed by atoms with Crippen LogP contribution < -0.4 is 0 Å². The highest BCUT2D eigenvalue weighted by Gasteiger charge is 2.27. The number of nitrogens with zero attached hydrogens (tertiary/aromatic N) is 2. The lowest BCUT2D eigenvalue weighted by molar-refractivity contribution is -0.131. The van der Waals surface area contributed by atoms with Crippen LogP contribution in [0, 0.1) is 5.92 Å². The van der Waals surface area contributed by atoms with E-state index < -0.39 is 11.7 Å². The van der Waals surface area contributed by atoms with Gasteiger partial charge in [0.05, 0.1) is 0 Å². The van der Waals surface area contributed by atoms with Crippen LogP contribution in [-0.4, -0.2) is 47.8 Å². The van der Waals surface area contributed by atoms with Crippen molar-refractivity contribution in [1.82, 2.24) is 9.80 Å². The monoisotopic (exact) mass is 358 g/mol. The van der Waals surface area contributed by atoms with Crippen molar-refractivity contribution in [3.05, 3.63) is 41.7 Å². The number of rotatable bonds is 5. The molecule has 3 rings (SSSR count). The van der Waals surface area contributed by atoms with Crippen molar-refractivity contribution in [1.29, 1.82) is 0 Å². The maximum Gasteiger partial charge on any atom is 0.282 e. The lowest BCUT2D eigenvalue weighted by Gasteiger charge is -2.32. The highest BCUT2D eigenvalue weighted by Crippen LogP contribution is 2.24. The lowest BCUT2D eigenvalue weighted by Crippen LogP contribution is -2.40. The summed E-state index contributed by atoms with van der Waals surface area (Å²) in [7, 11) is 0. The van der Waals surface area contributed by atoms with Gasteiger partial charge in [-0.15, -0.1) is 0 Å². The van der Waals surface area contributed by atoms with Crippen molar-refractivity contribution in [2.45, 2.75) is 38.5 Å². The second-order valence-corrected chi connectivity index (χ2v) is 7.29. The van der Waals surface area contributed by atoms with Crippen LogP contribution in [0.25, 0.3) is 6.08 Å². The van der Waals surface area contributed by atoms with Gasteiger partial charge in [-0.2, -0.15) is 0 Å². The molecule has 4 nitrogen and oxygen atoms in total. The first-order valence-corrected chi connectivity index (χ1v) is 9.63. The molecule has 0 N–H and O–H groups in total. The molecule has 1 aromatic rings. The summed E-state index contributed by atoms with van der Waals surface area (Å²) in [5, 5.41) is 0. The van der Waals surface area contributed by atoms with Gasteiger partial charge in [-0.1, -0.05) is 30.3 Å². The Hall–Kier alpha value is -2.17. The van der Waals surface area contributed by atoms with E-state index in [-0.39, 0.29) is 11.8 Å². The molecule has 2 aliphatic rings. The Bertz CT molecular complexity index is 653. The molecule has 2 fully saturated rings. The third-order valence-corrected chi connectivity index (χ3v) is 5.33. The van der Waals surface area contributed by atoms with E-state index in [1.807, 2.05) is 23.1 Å². The Morgan fingerprint density at radius 3 is 2.46 bits per heavy atom. The molecule has 140 valence electrons. The fraction of sp³-hybridized carbons (Fsp3) is 0.524. The van der Waals surface area contributed by atoms with Crippen molar-refractivity contribution in [2.75, 3.05) is 26.2 Å². The summed E-state index contributed by atoms with van der Waals surface area (Å²) >= 11 is 0. The van der Waals surface area contributed by atoms with Gasteiger partial charge in [-0.05, 0) is 49.7 Å². The van der Waals surface area contributed by atoms with E-state index in [0.717, 1.165) is 45.2 Å². The highest BCUT2D eigenvalue weighted by atomic mass is 19.1. The average molecular weight is 358 g/mol. The van der Waals surface area contributed by atoms with Crippen LogP contribution in [0.3, 0.4) is 0 Å². The summed E-state index contributed by atoms with van der Waals surface area (Å²) in [5.74, 6) is -0.751. The van der Waals surface area contributed by atoms with Crippen LogP contribution in [0.5, 0.6) is 0 Å². The number of benzene rings is 1. The number of amides is 2. The molecule has 0 aliphatic carbocycles. The van der Waals surface area contributed by atoms with Crippen molar-refractivity contribution in [3.63, 3.8) is 0 Å². The van der Waals surface area contributed by atoms with Crippen molar-refractivity contribution in [2.24, 2.45) is 5.92 Å². The summed E-state index contributed by atoms with van der Waals surface area (Å²) in [6, 6.07) is 9.04. The zero-order valence-electron chi connectivity index (χ0n) is 15.2. The predicted octanol–water partition coefficient (Wildman–Crippen LogP) is 3.64. The fourth-order valence-corrected chi connectivity index (χ4v) is 3.85. The van der Waals surface area contributed by atoms with E-state index in [9.17, 15) is 14.0 Å². The van der Waals surface area contributed by atoms with Crippen molar-refractivity contribution < 1.29 is 14.0 Å². The third kappa shape index (κ3) is 4.93. The maximum absolute atomic E-state index is 14.3. The normalized spacial score (nSPS) is 21.1. The lowest BCUT2D eigenvalue weighted by atomic mass is 9.93. The molecule has 2 heterocycles. The smallest absolute Gasteiger partial charge is 0.282 e. The van der Waals surface area contributed by atoms with E-state index in [1.165, 1.54) is 6.08 Å². The topological polar surface area (TPSA) is 40.6 Å². The van der Waals surface area contributed by atoms with Gasteiger partial charge >= 0.3 is 0 Å². The Kier molecular flexibility index (Phi) is 6.42. The minimum Gasteiger partial charge on any atom is -0.343 e. The number of hydrogen-bond donors (Lipinski definition) is 0. The van der Waals surface area contributed by atoms with E-state index in [2.05, 4.69) is 0 Å². The molecule has 1 aromatic carbocycles. The van der Waals surface area contributed by atoms with E-state index in [0.29, 0.717) is 25.1 Å². The van der Waals surface area contributed by atoms with Gasteiger partial charge in [-0.3, -0.25) is 9.59 Å². The van der Waals surface area contributed by atoms with Crippen LogP contribution in [0.4, 0.5) is 4.39 Å². The molecule has 2 amide bonds. The fourth-order valence-electron chi connectivity index (χ4n) is 3.85. The van der Waals surface area contributed by atoms with Crippen molar-refractivity contribution in [3.8, 4) is 0 Å². The zero-order valence-corrected chi connectivity index (χ0v) is 15.2. The SMILES string of the molecule is O=C(CCC1CCCN(C(=O)C(F)=Cc2ccccc2)C1)N1CCCC1. The molecule has 5 heteroatoms. The molecule has 1 atom stereocenters. The Balaban J connectivity index is 1.51. The van der Waals surface area contributed by atoms with Gasteiger partial charge in [0.2, 0.25) is 5.91 Å². The average Bonchev–Trinajstić information content (AvgIpc) is 3.21. The summed E-state index contributed by atoms with van der Waals surface area (Å²) in [5.41, 5.74) is 0.683. The van der Waals surface area contributed by atoms with Gasteiger partial charge in [0.25, 0.3) is 5.91 Å². The molecule has 0 spiro atoms. The second-order valence-electron chi connectivity index (χ2n) is 7.29. The Morgan fingerprint density at radius 1 is 1.04 bits per heavy atom.